The first-order valence-electron chi connectivity index (χ1n) is 6.33. The third-order valence-electron chi connectivity index (χ3n) is 3.31. The summed E-state index contributed by atoms with van der Waals surface area (Å²) in [5.41, 5.74) is -0.0713. The van der Waals surface area contributed by atoms with Crippen molar-refractivity contribution in [3.05, 3.63) is 52.9 Å². The summed E-state index contributed by atoms with van der Waals surface area (Å²) in [6.45, 7) is 0. The van der Waals surface area contributed by atoms with Crippen molar-refractivity contribution in [3.8, 4) is 22.6 Å². The third-order valence-corrected chi connectivity index (χ3v) is 4.19. The second kappa shape index (κ2) is 5.11. The van der Waals surface area contributed by atoms with Crippen molar-refractivity contribution >= 4 is 21.1 Å². The van der Waals surface area contributed by atoms with Crippen molar-refractivity contribution in [2.75, 3.05) is 0 Å². The van der Waals surface area contributed by atoms with E-state index in [0.717, 1.165) is 18.4 Å². The van der Waals surface area contributed by atoms with Gasteiger partial charge < -0.3 is 14.6 Å². The maximum absolute atomic E-state index is 12.5. The van der Waals surface area contributed by atoms with Crippen LogP contribution in [0, 0.1) is 0 Å². The number of benzene rings is 2. The number of hydrogen-bond acceptors (Lipinski definition) is 6. The van der Waals surface area contributed by atoms with Crippen LogP contribution >= 0.6 is 0 Å². The van der Waals surface area contributed by atoms with Crippen LogP contribution in [-0.4, -0.2) is 23.2 Å². The number of fused-ring (bicyclic) bond motifs is 1. The quantitative estimate of drug-likeness (QED) is 0.613. The fraction of sp³-hybridized carbons (Fsp3) is 0. The van der Waals surface area contributed by atoms with Gasteiger partial charge in [0.15, 0.2) is 5.43 Å². The molecule has 0 amide bonds. The van der Waals surface area contributed by atoms with Crippen LogP contribution in [0.1, 0.15) is 0 Å². The highest BCUT2D eigenvalue weighted by Gasteiger charge is 2.18. The Labute approximate surface area is 129 Å². The van der Waals surface area contributed by atoms with Gasteiger partial charge in [0.2, 0.25) is 0 Å². The molecule has 1 aromatic heterocycles. The summed E-state index contributed by atoms with van der Waals surface area (Å²) in [7, 11) is -4.64. The molecule has 0 saturated heterocycles. The molecule has 0 bridgehead atoms. The Bertz CT molecular complexity index is 1080. The van der Waals surface area contributed by atoms with Crippen LogP contribution in [-0.2, 0) is 10.1 Å². The van der Waals surface area contributed by atoms with Gasteiger partial charge in [-0.05, 0) is 29.8 Å². The zero-order valence-corrected chi connectivity index (χ0v) is 12.2. The van der Waals surface area contributed by atoms with Crippen LogP contribution in [0.2, 0.25) is 0 Å². The molecule has 0 radical (unpaired) electrons. The summed E-state index contributed by atoms with van der Waals surface area (Å²) < 4.78 is 36.9. The van der Waals surface area contributed by atoms with Gasteiger partial charge in [0.25, 0.3) is 10.1 Å². The van der Waals surface area contributed by atoms with Crippen LogP contribution in [0.3, 0.4) is 0 Å². The maximum Gasteiger partial charge on any atom is 0.298 e. The molecule has 0 spiro atoms. The van der Waals surface area contributed by atoms with Gasteiger partial charge in [0.05, 0.1) is 10.9 Å². The van der Waals surface area contributed by atoms with Gasteiger partial charge in [0, 0.05) is 6.07 Å². The van der Waals surface area contributed by atoms with Crippen molar-refractivity contribution in [1.29, 1.82) is 0 Å². The second-order valence-corrected chi connectivity index (χ2v) is 6.21. The Morgan fingerprint density at radius 2 is 1.74 bits per heavy atom. The monoisotopic (exact) mass is 334 g/mol. The predicted molar refractivity (Wildman–Crippen MR) is 81.1 cm³/mol. The third kappa shape index (κ3) is 2.65. The average Bonchev–Trinajstić information content (AvgIpc) is 2.47. The van der Waals surface area contributed by atoms with Crippen molar-refractivity contribution < 1.29 is 27.6 Å². The molecular formula is C15H10O7S. The molecule has 3 N–H and O–H groups in total. The molecule has 0 aliphatic rings. The van der Waals surface area contributed by atoms with E-state index in [1.807, 2.05) is 0 Å². The van der Waals surface area contributed by atoms with Gasteiger partial charge in [-0.2, -0.15) is 8.42 Å². The molecule has 0 saturated carbocycles. The van der Waals surface area contributed by atoms with Crippen molar-refractivity contribution in [1.82, 2.24) is 0 Å². The lowest BCUT2D eigenvalue weighted by Gasteiger charge is -2.06. The van der Waals surface area contributed by atoms with Crippen molar-refractivity contribution in [2.45, 2.75) is 4.90 Å². The lowest BCUT2D eigenvalue weighted by atomic mass is 10.1. The van der Waals surface area contributed by atoms with E-state index < -0.39 is 26.2 Å². The zero-order chi connectivity index (χ0) is 16.8. The topological polar surface area (TPSA) is 125 Å². The van der Waals surface area contributed by atoms with E-state index in [-0.39, 0.29) is 27.8 Å². The van der Waals surface area contributed by atoms with Crippen LogP contribution in [0.25, 0.3) is 22.1 Å². The molecule has 3 rings (SSSR count). The van der Waals surface area contributed by atoms with E-state index in [1.54, 1.807) is 0 Å². The largest absolute Gasteiger partial charge is 0.508 e. The first-order chi connectivity index (χ1) is 10.8. The molecule has 0 unspecified atom stereocenters. The lowest BCUT2D eigenvalue weighted by Crippen LogP contribution is -2.05. The van der Waals surface area contributed by atoms with Gasteiger partial charge in [-0.25, -0.2) is 0 Å². The van der Waals surface area contributed by atoms with E-state index in [2.05, 4.69) is 0 Å². The molecular weight excluding hydrogens is 324 g/mol. The lowest BCUT2D eigenvalue weighted by molar-refractivity contribution is 0.443. The molecule has 0 atom stereocenters. The van der Waals surface area contributed by atoms with Gasteiger partial charge in [-0.3, -0.25) is 9.35 Å². The molecule has 0 fully saturated rings. The highest BCUT2D eigenvalue weighted by Crippen LogP contribution is 2.29. The standard InChI is InChI=1S/C15H10O7S/c16-9-2-3-10-13(6-9)22-7-11(15(10)18)8-1-4-12(17)14(5-8)23(19,20)21/h1-7,16-17H,(H,19,20,21). The fourth-order valence-electron chi connectivity index (χ4n) is 2.20. The Balaban J connectivity index is 2.28. The molecule has 118 valence electrons. The molecule has 7 nitrogen and oxygen atoms in total. The minimum Gasteiger partial charge on any atom is -0.508 e. The SMILES string of the molecule is O=c1c(-c2ccc(O)c(S(=O)(=O)O)c2)coc2cc(O)ccc12. The average molecular weight is 334 g/mol. The summed E-state index contributed by atoms with van der Waals surface area (Å²) >= 11 is 0. The molecule has 0 aliphatic carbocycles. The van der Waals surface area contributed by atoms with E-state index in [0.29, 0.717) is 0 Å². The Morgan fingerprint density at radius 3 is 2.43 bits per heavy atom. The predicted octanol–water partition coefficient (Wildman–Crippen LogP) is 2.12. The smallest absolute Gasteiger partial charge is 0.298 e. The van der Waals surface area contributed by atoms with Gasteiger partial charge in [-0.15, -0.1) is 0 Å². The second-order valence-electron chi connectivity index (χ2n) is 4.82. The molecule has 2 aromatic carbocycles. The summed E-state index contributed by atoms with van der Waals surface area (Å²) in [5.74, 6) is -0.696. The van der Waals surface area contributed by atoms with Gasteiger partial charge >= 0.3 is 0 Å². The molecule has 3 aromatic rings. The Hall–Kier alpha value is -2.84. The number of phenols is 2. The van der Waals surface area contributed by atoms with Gasteiger partial charge in [-0.1, -0.05) is 6.07 Å². The number of aromatic hydroxyl groups is 2. The summed E-state index contributed by atoms with van der Waals surface area (Å²) in [4.78, 5) is 11.8. The first-order valence-corrected chi connectivity index (χ1v) is 7.77. The Kier molecular flexibility index (Phi) is 3.35. The van der Waals surface area contributed by atoms with Crippen LogP contribution in [0.4, 0.5) is 0 Å². The van der Waals surface area contributed by atoms with E-state index in [9.17, 15) is 23.4 Å². The zero-order valence-electron chi connectivity index (χ0n) is 11.4. The number of rotatable bonds is 2. The summed E-state index contributed by atoms with van der Waals surface area (Å²) in [6, 6.07) is 7.33. The molecule has 1 heterocycles. The minimum absolute atomic E-state index is 0.0492. The van der Waals surface area contributed by atoms with E-state index >= 15 is 0 Å². The Morgan fingerprint density at radius 1 is 1.00 bits per heavy atom. The van der Waals surface area contributed by atoms with Crippen molar-refractivity contribution in [2.24, 2.45) is 0 Å². The molecule has 0 aliphatic heterocycles. The summed E-state index contributed by atoms with van der Waals surface area (Å²) in [5, 5.41) is 19.1. The van der Waals surface area contributed by atoms with Gasteiger partial charge in [0.1, 0.15) is 28.2 Å². The first kappa shape index (κ1) is 15.1. The maximum atomic E-state index is 12.5. The number of hydrogen-bond donors (Lipinski definition) is 3. The molecule has 8 heteroatoms. The van der Waals surface area contributed by atoms with E-state index in [4.69, 9.17) is 8.97 Å². The summed E-state index contributed by atoms with van der Waals surface area (Å²) in [6.07, 6.45) is 1.12. The van der Waals surface area contributed by atoms with Crippen molar-refractivity contribution in [3.63, 3.8) is 0 Å². The normalized spacial score (nSPS) is 11.7. The van der Waals surface area contributed by atoms with E-state index in [1.165, 1.54) is 24.3 Å². The fourth-order valence-corrected chi connectivity index (χ4v) is 2.81. The van der Waals surface area contributed by atoms with Crippen LogP contribution in [0.5, 0.6) is 11.5 Å². The van der Waals surface area contributed by atoms with Crippen LogP contribution < -0.4 is 5.43 Å². The highest BCUT2D eigenvalue weighted by atomic mass is 32.2. The number of phenolic OH excluding ortho intramolecular Hbond substituents is 2. The minimum atomic E-state index is -4.64. The molecule has 23 heavy (non-hydrogen) atoms. The highest BCUT2D eigenvalue weighted by molar-refractivity contribution is 7.86. The van der Waals surface area contributed by atoms with Crippen LogP contribution in [0.15, 0.2) is 56.8 Å².